The third kappa shape index (κ3) is 3.59. The van der Waals surface area contributed by atoms with Gasteiger partial charge in [-0.15, -0.1) is 0 Å². The van der Waals surface area contributed by atoms with Crippen LogP contribution in [0.3, 0.4) is 0 Å². The van der Waals surface area contributed by atoms with Crippen LogP contribution in [0.5, 0.6) is 0 Å². The lowest BCUT2D eigenvalue weighted by Gasteiger charge is -2.17. The van der Waals surface area contributed by atoms with Crippen molar-refractivity contribution in [3.63, 3.8) is 0 Å². The van der Waals surface area contributed by atoms with Gasteiger partial charge in [0.1, 0.15) is 17.5 Å². The maximum atomic E-state index is 13.7. The summed E-state index contributed by atoms with van der Waals surface area (Å²) in [7, 11) is 0. The number of nitrogens with one attached hydrogen (secondary N) is 1. The van der Waals surface area contributed by atoms with Gasteiger partial charge in [-0.3, -0.25) is 11.3 Å². The van der Waals surface area contributed by atoms with Gasteiger partial charge in [0.2, 0.25) is 0 Å². The Morgan fingerprint density at radius 3 is 2.40 bits per heavy atom. The van der Waals surface area contributed by atoms with Crippen LogP contribution in [0.4, 0.5) is 13.2 Å². The predicted molar refractivity (Wildman–Crippen MR) is 74.2 cm³/mol. The van der Waals surface area contributed by atoms with Crippen molar-refractivity contribution in [2.75, 3.05) is 0 Å². The second-order valence-corrected chi connectivity index (χ2v) is 5.28. The first-order valence-electron chi connectivity index (χ1n) is 5.85. The van der Waals surface area contributed by atoms with Crippen molar-refractivity contribution < 1.29 is 13.2 Å². The second kappa shape index (κ2) is 6.39. The lowest BCUT2D eigenvalue weighted by molar-refractivity contribution is 0.501. The zero-order valence-electron chi connectivity index (χ0n) is 10.3. The molecule has 1 atom stereocenters. The Morgan fingerprint density at radius 2 is 1.80 bits per heavy atom. The highest BCUT2D eigenvalue weighted by molar-refractivity contribution is 9.10. The van der Waals surface area contributed by atoms with Crippen LogP contribution in [-0.2, 0) is 6.42 Å². The van der Waals surface area contributed by atoms with Crippen LogP contribution in [-0.4, -0.2) is 0 Å². The third-order valence-corrected chi connectivity index (χ3v) is 3.36. The van der Waals surface area contributed by atoms with Gasteiger partial charge in [-0.2, -0.15) is 0 Å². The van der Waals surface area contributed by atoms with Crippen molar-refractivity contribution in [3.05, 3.63) is 69.4 Å². The van der Waals surface area contributed by atoms with E-state index < -0.39 is 23.5 Å². The fourth-order valence-electron chi connectivity index (χ4n) is 2.01. The molecule has 0 saturated heterocycles. The van der Waals surface area contributed by atoms with Crippen molar-refractivity contribution in [3.8, 4) is 0 Å². The average Bonchev–Trinajstić information content (AvgIpc) is 2.35. The standard InChI is InChI=1S/C14H12BrF3N2/c15-9-3-8(4-11(17)6-9)5-14(20-19)12-2-1-10(16)7-13(12)18/h1-4,6-7,14,20H,5,19H2. The number of rotatable bonds is 4. The smallest absolute Gasteiger partial charge is 0.130 e. The molecule has 2 aromatic carbocycles. The number of hydrogen-bond acceptors (Lipinski definition) is 2. The second-order valence-electron chi connectivity index (χ2n) is 4.37. The number of nitrogens with two attached hydrogens (primary N) is 1. The summed E-state index contributed by atoms with van der Waals surface area (Å²) in [5, 5.41) is 0. The quantitative estimate of drug-likeness (QED) is 0.656. The van der Waals surface area contributed by atoms with Crippen molar-refractivity contribution in [2.24, 2.45) is 5.84 Å². The molecule has 106 valence electrons. The van der Waals surface area contributed by atoms with Crippen LogP contribution in [0.25, 0.3) is 0 Å². The molecular formula is C14H12BrF3N2. The third-order valence-electron chi connectivity index (χ3n) is 2.90. The summed E-state index contributed by atoms with van der Waals surface area (Å²) in [5.74, 6) is 3.67. The molecule has 1 unspecified atom stereocenters. The van der Waals surface area contributed by atoms with Crippen molar-refractivity contribution in [1.82, 2.24) is 5.43 Å². The Bertz CT molecular complexity index is 599. The van der Waals surface area contributed by atoms with E-state index in [2.05, 4.69) is 21.4 Å². The van der Waals surface area contributed by atoms with Crippen LogP contribution >= 0.6 is 15.9 Å². The van der Waals surface area contributed by atoms with E-state index >= 15 is 0 Å². The molecule has 0 aliphatic heterocycles. The number of hydrogen-bond donors (Lipinski definition) is 2. The van der Waals surface area contributed by atoms with E-state index in [0.717, 1.165) is 12.1 Å². The Morgan fingerprint density at radius 1 is 1.05 bits per heavy atom. The highest BCUT2D eigenvalue weighted by Gasteiger charge is 2.16. The van der Waals surface area contributed by atoms with Crippen LogP contribution in [0.1, 0.15) is 17.2 Å². The van der Waals surface area contributed by atoms with E-state index in [4.69, 9.17) is 5.84 Å². The van der Waals surface area contributed by atoms with E-state index in [-0.39, 0.29) is 12.0 Å². The monoisotopic (exact) mass is 344 g/mol. The Labute approximate surface area is 122 Å². The first kappa shape index (κ1) is 15.0. The average molecular weight is 345 g/mol. The lowest BCUT2D eigenvalue weighted by Crippen LogP contribution is -2.30. The normalized spacial score (nSPS) is 12.4. The first-order chi connectivity index (χ1) is 9.49. The highest BCUT2D eigenvalue weighted by atomic mass is 79.9. The molecule has 0 spiro atoms. The molecule has 6 heteroatoms. The van der Waals surface area contributed by atoms with E-state index in [1.807, 2.05) is 0 Å². The van der Waals surface area contributed by atoms with Crippen molar-refractivity contribution in [2.45, 2.75) is 12.5 Å². The minimum Gasteiger partial charge on any atom is -0.271 e. The summed E-state index contributed by atoms with van der Waals surface area (Å²) in [6, 6.07) is 7.08. The van der Waals surface area contributed by atoms with Gasteiger partial charge in [0.05, 0.1) is 6.04 Å². The number of benzene rings is 2. The number of halogens is 4. The fourth-order valence-corrected chi connectivity index (χ4v) is 2.52. The molecule has 2 rings (SSSR count). The van der Waals surface area contributed by atoms with Gasteiger partial charge >= 0.3 is 0 Å². The molecule has 2 nitrogen and oxygen atoms in total. The van der Waals surface area contributed by atoms with E-state index in [9.17, 15) is 13.2 Å². The Hall–Kier alpha value is -1.37. The van der Waals surface area contributed by atoms with Gasteiger partial charge in [0.15, 0.2) is 0 Å². The van der Waals surface area contributed by atoms with Gasteiger partial charge in [-0.25, -0.2) is 13.2 Å². The zero-order chi connectivity index (χ0) is 14.7. The summed E-state index contributed by atoms with van der Waals surface area (Å²) in [5.41, 5.74) is 3.34. The maximum Gasteiger partial charge on any atom is 0.130 e. The fraction of sp³-hybridized carbons (Fsp3) is 0.143. The summed E-state index contributed by atoms with van der Waals surface area (Å²) >= 11 is 3.19. The largest absolute Gasteiger partial charge is 0.271 e. The molecule has 0 fully saturated rings. The molecule has 0 aromatic heterocycles. The molecule has 2 aromatic rings. The molecule has 3 N–H and O–H groups in total. The van der Waals surface area contributed by atoms with Gasteiger partial charge in [-0.1, -0.05) is 22.0 Å². The molecule has 0 radical (unpaired) electrons. The van der Waals surface area contributed by atoms with Gasteiger partial charge in [-0.05, 0) is 36.2 Å². The Balaban J connectivity index is 2.28. The van der Waals surface area contributed by atoms with E-state index in [1.54, 1.807) is 6.07 Å². The molecular weight excluding hydrogens is 333 g/mol. The SMILES string of the molecule is NNC(Cc1cc(F)cc(Br)c1)c1ccc(F)cc1F. The van der Waals surface area contributed by atoms with Crippen LogP contribution in [0.2, 0.25) is 0 Å². The topological polar surface area (TPSA) is 38.0 Å². The highest BCUT2D eigenvalue weighted by Crippen LogP contribution is 2.23. The summed E-state index contributed by atoms with van der Waals surface area (Å²) in [6.07, 6.45) is 0.273. The molecule has 0 saturated carbocycles. The van der Waals surface area contributed by atoms with Crippen LogP contribution < -0.4 is 11.3 Å². The molecule has 0 aliphatic rings. The van der Waals surface area contributed by atoms with Gasteiger partial charge in [0, 0.05) is 16.1 Å². The van der Waals surface area contributed by atoms with Gasteiger partial charge < -0.3 is 0 Å². The number of hydrazine groups is 1. The summed E-state index contributed by atoms with van der Waals surface area (Å²) < 4.78 is 40.5. The molecule has 0 heterocycles. The predicted octanol–water partition coefficient (Wildman–Crippen LogP) is 3.61. The summed E-state index contributed by atoms with van der Waals surface area (Å²) in [4.78, 5) is 0. The first-order valence-corrected chi connectivity index (χ1v) is 6.65. The maximum absolute atomic E-state index is 13.7. The van der Waals surface area contributed by atoms with Crippen LogP contribution in [0.15, 0.2) is 40.9 Å². The zero-order valence-corrected chi connectivity index (χ0v) is 11.9. The minimum atomic E-state index is -0.691. The molecule has 20 heavy (non-hydrogen) atoms. The Kier molecular flexibility index (Phi) is 4.80. The van der Waals surface area contributed by atoms with E-state index in [0.29, 0.717) is 10.0 Å². The molecule has 0 aliphatic carbocycles. The minimum absolute atomic E-state index is 0.231. The molecule has 0 bridgehead atoms. The van der Waals surface area contributed by atoms with E-state index in [1.165, 1.54) is 18.2 Å². The lowest BCUT2D eigenvalue weighted by atomic mass is 9.99. The molecule has 0 amide bonds. The van der Waals surface area contributed by atoms with Crippen molar-refractivity contribution in [1.29, 1.82) is 0 Å². The summed E-state index contributed by atoms with van der Waals surface area (Å²) in [6.45, 7) is 0. The van der Waals surface area contributed by atoms with Crippen molar-refractivity contribution >= 4 is 15.9 Å². The van der Waals surface area contributed by atoms with Crippen LogP contribution in [0, 0.1) is 17.5 Å². The van der Waals surface area contributed by atoms with Gasteiger partial charge in [0.25, 0.3) is 0 Å².